The topological polar surface area (TPSA) is 75.9 Å². The second kappa shape index (κ2) is 5.64. The monoisotopic (exact) mass is 299 g/mol. The third-order valence-corrected chi connectivity index (χ3v) is 3.83. The van der Waals surface area contributed by atoms with E-state index in [2.05, 4.69) is 43.6 Å². The number of halogens is 1. The normalized spacial score (nSPS) is 16.6. The van der Waals surface area contributed by atoms with Gasteiger partial charge in [-0.25, -0.2) is 15.8 Å². The van der Waals surface area contributed by atoms with E-state index >= 15 is 0 Å². The van der Waals surface area contributed by atoms with Gasteiger partial charge in [-0.2, -0.15) is 0 Å². The van der Waals surface area contributed by atoms with Crippen molar-refractivity contribution in [3.8, 4) is 0 Å². The van der Waals surface area contributed by atoms with Gasteiger partial charge in [0.1, 0.15) is 16.6 Å². The lowest BCUT2D eigenvalue weighted by molar-refractivity contribution is 0.584. The summed E-state index contributed by atoms with van der Waals surface area (Å²) in [5.74, 6) is 7.69. The van der Waals surface area contributed by atoms with Gasteiger partial charge in [0.05, 0.1) is 0 Å². The van der Waals surface area contributed by atoms with Crippen LogP contribution in [0.5, 0.6) is 0 Å². The van der Waals surface area contributed by atoms with Gasteiger partial charge in [-0.1, -0.05) is 19.8 Å². The highest BCUT2D eigenvalue weighted by molar-refractivity contribution is 9.10. The first-order valence-electron chi connectivity index (χ1n) is 5.98. The lowest BCUT2D eigenvalue weighted by Crippen LogP contribution is -2.21. The van der Waals surface area contributed by atoms with E-state index in [0.717, 1.165) is 22.6 Å². The zero-order valence-corrected chi connectivity index (χ0v) is 11.5. The molecule has 1 atom stereocenters. The molecule has 1 unspecified atom stereocenters. The SMILES string of the molecule is CCC(CC1CC1)Nc1ncnc(NN)c1Br. The number of nitrogens with two attached hydrogens (primary N) is 1. The van der Waals surface area contributed by atoms with E-state index < -0.39 is 0 Å². The Morgan fingerprint density at radius 1 is 1.47 bits per heavy atom. The van der Waals surface area contributed by atoms with Crippen LogP contribution >= 0.6 is 15.9 Å². The molecule has 1 aliphatic rings. The lowest BCUT2D eigenvalue weighted by atomic mass is 10.1. The predicted octanol–water partition coefficient (Wildman–Crippen LogP) is 2.52. The fourth-order valence-corrected chi connectivity index (χ4v) is 2.28. The zero-order valence-electron chi connectivity index (χ0n) is 9.91. The Balaban J connectivity index is 2.04. The molecule has 0 aromatic carbocycles. The summed E-state index contributed by atoms with van der Waals surface area (Å²) < 4.78 is 0.789. The van der Waals surface area contributed by atoms with Gasteiger partial charge >= 0.3 is 0 Å². The highest BCUT2D eigenvalue weighted by atomic mass is 79.9. The number of anilines is 2. The van der Waals surface area contributed by atoms with Crippen molar-refractivity contribution >= 4 is 27.6 Å². The molecule has 1 heterocycles. The van der Waals surface area contributed by atoms with Crippen molar-refractivity contribution in [3.05, 3.63) is 10.8 Å². The number of hydrazine groups is 1. The van der Waals surface area contributed by atoms with Gasteiger partial charge in [-0.05, 0) is 34.7 Å². The second-order valence-electron chi connectivity index (χ2n) is 4.46. The van der Waals surface area contributed by atoms with Gasteiger partial charge in [0.2, 0.25) is 0 Å². The van der Waals surface area contributed by atoms with Crippen molar-refractivity contribution in [2.45, 2.75) is 38.6 Å². The molecule has 17 heavy (non-hydrogen) atoms. The van der Waals surface area contributed by atoms with E-state index in [-0.39, 0.29) is 0 Å². The molecule has 0 spiro atoms. The molecule has 2 rings (SSSR count). The molecule has 4 N–H and O–H groups in total. The first kappa shape index (κ1) is 12.6. The van der Waals surface area contributed by atoms with E-state index in [1.54, 1.807) is 0 Å². The van der Waals surface area contributed by atoms with E-state index in [4.69, 9.17) is 5.84 Å². The Morgan fingerprint density at radius 2 is 2.18 bits per heavy atom. The average Bonchev–Trinajstić information content (AvgIpc) is 3.14. The Kier molecular flexibility index (Phi) is 4.17. The minimum atomic E-state index is 0.472. The van der Waals surface area contributed by atoms with E-state index in [9.17, 15) is 0 Å². The summed E-state index contributed by atoms with van der Waals surface area (Å²) in [4.78, 5) is 8.27. The molecular formula is C11H18BrN5. The van der Waals surface area contributed by atoms with Crippen LogP contribution in [0.25, 0.3) is 0 Å². The molecule has 1 aliphatic carbocycles. The molecule has 0 radical (unpaired) electrons. The van der Waals surface area contributed by atoms with Crippen LogP contribution in [0.1, 0.15) is 32.6 Å². The van der Waals surface area contributed by atoms with Crippen LogP contribution in [0, 0.1) is 5.92 Å². The Morgan fingerprint density at radius 3 is 2.76 bits per heavy atom. The molecular weight excluding hydrogens is 282 g/mol. The van der Waals surface area contributed by atoms with E-state index in [0.29, 0.717) is 11.9 Å². The molecule has 1 fully saturated rings. The van der Waals surface area contributed by atoms with Crippen molar-refractivity contribution in [2.24, 2.45) is 11.8 Å². The van der Waals surface area contributed by atoms with Crippen LogP contribution in [0.2, 0.25) is 0 Å². The fourth-order valence-electron chi connectivity index (χ4n) is 1.85. The fraction of sp³-hybridized carbons (Fsp3) is 0.636. The van der Waals surface area contributed by atoms with Crippen molar-refractivity contribution in [1.29, 1.82) is 0 Å². The lowest BCUT2D eigenvalue weighted by Gasteiger charge is -2.18. The quantitative estimate of drug-likeness (QED) is 0.556. The summed E-state index contributed by atoms with van der Waals surface area (Å²) in [7, 11) is 0. The minimum absolute atomic E-state index is 0.472. The summed E-state index contributed by atoms with van der Waals surface area (Å²) in [6, 6.07) is 0.472. The van der Waals surface area contributed by atoms with E-state index in [1.165, 1.54) is 25.6 Å². The third kappa shape index (κ3) is 3.29. The Bertz CT molecular complexity index is 380. The molecule has 0 saturated heterocycles. The summed E-state index contributed by atoms with van der Waals surface area (Å²) in [5.41, 5.74) is 2.54. The number of hydrogen-bond donors (Lipinski definition) is 3. The third-order valence-electron chi connectivity index (χ3n) is 3.07. The molecule has 0 amide bonds. The van der Waals surface area contributed by atoms with E-state index in [1.807, 2.05) is 0 Å². The number of hydrogen-bond acceptors (Lipinski definition) is 5. The number of nitrogen functional groups attached to an aromatic ring is 1. The van der Waals surface area contributed by atoms with Crippen molar-refractivity contribution in [2.75, 3.05) is 10.7 Å². The first-order chi connectivity index (χ1) is 8.24. The summed E-state index contributed by atoms with van der Waals surface area (Å²) in [5, 5.41) is 3.45. The Hall–Kier alpha value is -0.880. The summed E-state index contributed by atoms with van der Waals surface area (Å²) in [6.07, 6.45) is 6.57. The van der Waals surface area contributed by atoms with Gasteiger partial charge in [0.25, 0.3) is 0 Å². The summed E-state index contributed by atoms with van der Waals surface area (Å²) in [6.45, 7) is 2.19. The number of nitrogens with one attached hydrogen (secondary N) is 2. The Labute approximate surface area is 110 Å². The predicted molar refractivity (Wildman–Crippen MR) is 72.6 cm³/mol. The zero-order chi connectivity index (χ0) is 12.3. The molecule has 1 aromatic heterocycles. The van der Waals surface area contributed by atoms with Gasteiger partial charge in [-0.15, -0.1) is 0 Å². The second-order valence-corrected chi connectivity index (χ2v) is 5.25. The maximum absolute atomic E-state index is 5.38. The molecule has 1 aromatic rings. The molecule has 94 valence electrons. The van der Waals surface area contributed by atoms with Gasteiger partial charge in [-0.3, -0.25) is 0 Å². The summed E-state index contributed by atoms with van der Waals surface area (Å²) >= 11 is 3.45. The molecule has 0 bridgehead atoms. The maximum Gasteiger partial charge on any atom is 0.159 e. The van der Waals surface area contributed by atoms with Crippen molar-refractivity contribution in [1.82, 2.24) is 9.97 Å². The highest BCUT2D eigenvalue weighted by Gasteiger charge is 2.25. The van der Waals surface area contributed by atoms with Crippen LogP contribution in [0.4, 0.5) is 11.6 Å². The first-order valence-corrected chi connectivity index (χ1v) is 6.77. The smallest absolute Gasteiger partial charge is 0.159 e. The van der Waals surface area contributed by atoms with Crippen molar-refractivity contribution < 1.29 is 0 Å². The molecule has 1 saturated carbocycles. The molecule has 6 heteroatoms. The van der Waals surface area contributed by atoms with Gasteiger partial charge in [0.15, 0.2) is 5.82 Å². The minimum Gasteiger partial charge on any atom is -0.366 e. The molecule has 5 nitrogen and oxygen atoms in total. The largest absolute Gasteiger partial charge is 0.366 e. The van der Waals surface area contributed by atoms with Crippen LogP contribution in [0.15, 0.2) is 10.8 Å². The number of nitrogens with zero attached hydrogens (tertiary/aromatic N) is 2. The molecule has 0 aliphatic heterocycles. The standard InChI is InChI=1S/C11H18BrN5/c1-2-8(5-7-3-4-7)16-10-9(12)11(17-13)15-6-14-10/h6-8H,2-5,13H2,1H3,(H2,14,15,16,17). The maximum atomic E-state index is 5.38. The number of rotatable bonds is 6. The van der Waals surface area contributed by atoms with Gasteiger partial charge in [0, 0.05) is 6.04 Å². The van der Waals surface area contributed by atoms with Crippen LogP contribution < -0.4 is 16.6 Å². The highest BCUT2D eigenvalue weighted by Crippen LogP contribution is 2.35. The van der Waals surface area contributed by atoms with Crippen LogP contribution in [-0.2, 0) is 0 Å². The van der Waals surface area contributed by atoms with Crippen LogP contribution in [-0.4, -0.2) is 16.0 Å². The van der Waals surface area contributed by atoms with Gasteiger partial charge < -0.3 is 10.7 Å². The van der Waals surface area contributed by atoms with Crippen LogP contribution in [0.3, 0.4) is 0 Å². The van der Waals surface area contributed by atoms with Crippen molar-refractivity contribution in [3.63, 3.8) is 0 Å². The number of aromatic nitrogens is 2. The average molecular weight is 300 g/mol.